The number of carbonyl (C=O) groups is 2. The molecule has 1 aromatic carbocycles. The van der Waals surface area contributed by atoms with Crippen LogP contribution in [0.4, 0.5) is 0 Å². The molecular weight excluding hydrogens is 350 g/mol. The number of benzene rings is 1. The molecule has 0 spiro atoms. The van der Waals surface area contributed by atoms with E-state index in [0.717, 1.165) is 10.9 Å². The molecule has 7 heteroatoms. The van der Waals surface area contributed by atoms with Crippen LogP contribution in [0.2, 0.25) is 0 Å². The molecule has 0 bridgehead atoms. The molecule has 1 aromatic heterocycles. The van der Waals surface area contributed by atoms with E-state index in [-0.39, 0.29) is 11.9 Å². The highest BCUT2D eigenvalue weighted by Gasteiger charge is 2.29. The molecule has 1 fully saturated rings. The second-order valence-electron chi connectivity index (χ2n) is 7.47. The monoisotopic (exact) mass is 375 g/mol. The molecule has 0 radical (unpaired) electrons. The Morgan fingerprint density at radius 1 is 1.15 bits per heavy atom. The Morgan fingerprint density at radius 3 is 2.46 bits per heavy atom. The van der Waals surface area contributed by atoms with E-state index in [4.69, 9.17) is 4.84 Å². The number of nitrogens with zero attached hydrogens (tertiary/aromatic N) is 2. The van der Waals surface area contributed by atoms with Crippen molar-refractivity contribution < 1.29 is 14.4 Å². The number of nitrogens with one attached hydrogen (secondary N) is 1. The molecule has 26 heavy (non-hydrogen) atoms. The van der Waals surface area contributed by atoms with E-state index >= 15 is 0 Å². The first kappa shape index (κ1) is 18.8. The number of thioether (sulfide) groups is 1. The topological polar surface area (TPSA) is 65.6 Å². The summed E-state index contributed by atoms with van der Waals surface area (Å²) in [6.45, 7) is 7.60. The summed E-state index contributed by atoms with van der Waals surface area (Å²) < 4.78 is 0. The van der Waals surface area contributed by atoms with Crippen molar-refractivity contribution in [3.63, 3.8) is 0 Å². The van der Waals surface area contributed by atoms with Gasteiger partial charge in [0.2, 0.25) is 0 Å². The number of hydroxylamine groups is 2. The molecule has 0 unspecified atom stereocenters. The lowest BCUT2D eigenvalue weighted by molar-refractivity contribution is -0.205. The summed E-state index contributed by atoms with van der Waals surface area (Å²) in [4.78, 5) is 36.4. The van der Waals surface area contributed by atoms with Gasteiger partial charge in [0.1, 0.15) is 0 Å². The maximum atomic E-state index is 12.8. The summed E-state index contributed by atoms with van der Waals surface area (Å²) in [5, 5.41) is 2.78. The number of H-pyrrole nitrogens is 1. The highest BCUT2D eigenvalue weighted by molar-refractivity contribution is 7.98. The van der Waals surface area contributed by atoms with Crippen molar-refractivity contribution in [3.8, 4) is 0 Å². The third-order valence-electron chi connectivity index (χ3n) is 4.46. The predicted octanol–water partition coefficient (Wildman–Crippen LogP) is 3.15. The van der Waals surface area contributed by atoms with Crippen molar-refractivity contribution in [3.05, 3.63) is 30.0 Å². The van der Waals surface area contributed by atoms with Crippen LogP contribution in [-0.2, 0) is 9.63 Å². The summed E-state index contributed by atoms with van der Waals surface area (Å²) in [6, 6.07) is 5.78. The van der Waals surface area contributed by atoms with Crippen LogP contribution in [0.1, 0.15) is 31.1 Å². The number of rotatable bonds is 3. The summed E-state index contributed by atoms with van der Waals surface area (Å²) >= 11 is 1.68. The molecule has 140 valence electrons. The highest BCUT2D eigenvalue weighted by Crippen LogP contribution is 2.27. The fourth-order valence-corrected chi connectivity index (χ4v) is 3.40. The molecule has 2 aromatic rings. The van der Waals surface area contributed by atoms with Gasteiger partial charge < -0.3 is 14.7 Å². The number of hydrogen-bond acceptors (Lipinski definition) is 5. The van der Waals surface area contributed by atoms with Crippen LogP contribution < -0.4 is 0 Å². The highest BCUT2D eigenvalue weighted by atomic mass is 32.2. The van der Waals surface area contributed by atoms with Gasteiger partial charge in [0.05, 0.1) is 18.5 Å². The van der Waals surface area contributed by atoms with Gasteiger partial charge in [-0.1, -0.05) is 6.07 Å². The summed E-state index contributed by atoms with van der Waals surface area (Å²) in [6.07, 6.45) is 4.00. The van der Waals surface area contributed by atoms with E-state index in [1.54, 1.807) is 21.7 Å². The van der Waals surface area contributed by atoms with E-state index < -0.39 is 5.41 Å². The number of fused-ring (bicyclic) bond motifs is 1. The first-order valence-electron chi connectivity index (χ1n) is 8.71. The van der Waals surface area contributed by atoms with E-state index in [9.17, 15) is 9.59 Å². The summed E-state index contributed by atoms with van der Waals surface area (Å²) in [7, 11) is 0. The molecule has 1 aliphatic rings. The fourth-order valence-electron chi connectivity index (χ4n) is 2.82. The number of hydrogen-bond donors (Lipinski definition) is 1. The Labute approximate surface area is 157 Å². The maximum absolute atomic E-state index is 12.8. The van der Waals surface area contributed by atoms with Gasteiger partial charge in [-0.2, -0.15) is 0 Å². The van der Waals surface area contributed by atoms with Gasteiger partial charge in [-0.25, -0.2) is 4.79 Å². The Balaban J connectivity index is 1.62. The van der Waals surface area contributed by atoms with Crippen LogP contribution >= 0.6 is 11.8 Å². The normalized spacial score (nSPS) is 16.1. The number of aromatic amines is 1. The minimum absolute atomic E-state index is 0.00833. The average Bonchev–Trinajstić information content (AvgIpc) is 3.03. The molecule has 1 N–H and O–H groups in total. The van der Waals surface area contributed by atoms with Gasteiger partial charge in [0.15, 0.2) is 0 Å². The molecule has 0 aliphatic carbocycles. The molecule has 0 saturated carbocycles. The Hall–Kier alpha value is -1.99. The Kier molecular flexibility index (Phi) is 5.29. The molecule has 3 rings (SSSR count). The Bertz CT molecular complexity index is 817. The second-order valence-corrected chi connectivity index (χ2v) is 8.32. The van der Waals surface area contributed by atoms with Crippen molar-refractivity contribution in [1.29, 1.82) is 0 Å². The van der Waals surface area contributed by atoms with Crippen LogP contribution in [0.3, 0.4) is 0 Å². The minimum Gasteiger partial charge on any atom is -0.367 e. The van der Waals surface area contributed by atoms with Crippen LogP contribution in [-0.4, -0.2) is 59.3 Å². The largest absolute Gasteiger partial charge is 0.367 e. The van der Waals surface area contributed by atoms with Crippen molar-refractivity contribution in [2.75, 3.05) is 32.4 Å². The lowest BCUT2D eigenvalue weighted by Gasteiger charge is -2.34. The second kappa shape index (κ2) is 7.32. The number of amides is 1. The van der Waals surface area contributed by atoms with Gasteiger partial charge in [-0.3, -0.25) is 4.79 Å². The van der Waals surface area contributed by atoms with Gasteiger partial charge >= 0.3 is 5.97 Å². The molecular formula is C19H25N3O3S. The number of aromatic nitrogens is 1. The quantitative estimate of drug-likeness (QED) is 0.835. The van der Waals surface area contributed by atoms with Crippen LogP contribution in [0.15, 0.2) is 29.3 Å². The van der Waals surface area contributed by atoms with Gasteiger partial charge in [0.25, 0.3) is 5.91 Å². The van der Waals surface area contributed by atoms with Crippen LogP contribution in [0, 0.1) is 5.41 Å². The van der Waals surface area contributed by atoms with Crippen molar-refractivity contribution in [2.24, 2.45) is 5.41 Å². The zero-order chi connectivity index (χ0) is 18.9. The van der Waals surface area contributed by atoms with Gasteiger partial charge in [0, 0.05) is 40.6 Å². The third-order valence-corrected chi connectivity index (χ3v) is 5.24. The van der Waals surface area contributed by atoms with E-state index in [0.29, 0.717) is 31.7 Å². The fraction of sp³-hybridized carbons (Fsp3) is 0.474. The number of carbonyl (C=O) groups excluding carboxylic acids is 2. The molecule has 1 amide bonds. The van der Waals surface area contributed by atoms with Crippen molar-refractivity contribution in [1.82, 2.24) is 14.9 Å². The smallest absolute Gasteiger partial charge is 0.330 e. The first-order chi connectivity index (χ1) is 12.3. The first-order valence-corrected chi connectivity index (χ1v) is 9.94. The lowest BCUT2D eigenvalue weighted by atomic mass is 9.98. The molecule has 0 atom stereocenters. The van der Waals surface area contributed by atoms with Gasteiger partial charge in [-0.05, 0) is 39.2 Å². The minimum atomic E-state index is -0.534. The zero-order valence-electron chi connectivity index (χ0n) is 15.7. The predicted molar refractivity (Wildman–Crippen MR) is 103 cm³/mol. The summed E-state index contributed by atoms with van der Waals surface area (Å²) in [5.41, 5.74) is 1.11. The zero-order valence-corrected chi connectivity index (χ0v) is 16.5. The standard InChI is InChI=1S/C19H25N3O3S/c1-19(2,3)18(24)25-22-9-7-21(8-10-22)17(23)13-5-6-14-15(11-13)20-12-16(14)26-4/h5-6,11-12,20H,7-10H2,1-4H3. The SMILES string of the molecule is CSc1c[nH]c2cc(C(=O)N3CCN(OC(=O)C(C)(C)C)CC3)ccc12. The van der Waals surface area contributed by atoms with E-state index in [2.05, 4.69) is 4.98 Å². The average molecular weight is 375 g/mol. The number of piperazine rings is 1. The maximum Gasteiger partial charge on any atom is 0.330 e. The summed E-state index contributed by atoms with van der Waals surface area (Å²) in [5.74, 6) is -0.243. The van der Waals surface area contributed by atoms with Crippen molar-refractivity contribution >= 4 is 34.5 Å². The third kappa shape index (κ3) is 3.88. The molecule has 2 heterocycles. The molecule has 1 aliphatic heterocycles. The van der Waals surface area contributed by atoms with E-state index in [1.165, 1.54) is 4.90 Å². The van der Waals surface area contributed by atoms with Gasteiger partial charge in [-0.15, -0.1) is 16.8 Å². The molecule has 1 saturated heterocycles. The lowest BCUT2D eigenvalue weighted by Crippen LogP contribution is -2.49. The molecule has 6 nitrogen and oxygen atoms in total. The van der Waals surface area contributed by atoms with E-state index in [1.807, 2.05) is 51.4 Å². The Morgan fingerprint density at radius 2 is 1.85 bits per heavy atom. The van der Waals surface area contributed by atoms with Crippen LogP contribution in [0.25, 0.3) is 10.9 Å². The van der Waals surface area contributed by atoms with Crippen molar-refractivity contribution in [2.45, 2.75) is 25.7 Å². The van der Waals surface area contributed by atoms with Crippen LogP contribution in [0.5, 0.6) is 0 Å².